The van der Waals surface area contributed by atoms with Gasteiger partial charge in [0, 0.05) is 18.4 Å². The van der Waals surface area contributed by atoms with Gasteiger partial charge in [0.05, 0.1) is 5.52 Å². The van der Waals surface area contributed by atoms with E-state index < -0.39 is 5.76 Å². The number of carbonyl (C=O) groups is 1. The first-order chi connectivity index (χ1) is 14.1. The normalized spacial score (nSPS) is 11.1. The maximum absolute atomic E-state index is 13.9. The highest BCUT2D eigenvalue weighted by Gasteiger charge is 2.08. The molecule has 3 aromatic carbocycles. The smallest absolute Gasteiger partial charge is 0.408 e. The summed E-state index contributed by atoms with van der Waals surface area (Å²) in [5.74, 6) is -0.586. The molecule has 29 heavy (non-hydrogen) atoms. The summed E-state index contributed by atoms with van der Waals surface area (Å²) >= 11 is 0. The van der Waals surface area contributed by atoms with Gasteiger partial charge in [-0.1, -0.05) is 48.5 Å². The van der Waals surface area contributed by atoms with Crippen molar-refractivity contribution in [2.45, 2.75) is 25.7 Å². The Hall–Kier alpha value is -3.47. The predicted octanol–water partition coefficient (Wildman–Crippen LogP) is 5.06. The largest absolute Gasteiger partial charge is 0.417 e. The van der Waals surface area contributed by atoms with Crippen LogP contribution >= 0.6 is 0 Å². The van der Waals surface area contributed by atoms with Crippen molar-refractivity contribution in [3.63, 3.8) is 0 Å². The van der Waals surface area contributed by atoms with Crippen LogP contribution in [0.5, 0.6) is 0 Å². The van der Waals surface area contributed by atoms with E-state index in [4.69, 9.17) is 4.42 Å². The molecular formula is C24H20FNO3. The number of aromatic amines is 1. The van der Waals surface area contributed by atoms with Crippen molar-refractivity contribution in [2.24, 2.45) is 0 Å². The summed E-state index contributed by atoms with van der Waals surface area (Å²) < 4.78 is 18.9. The number of ketones is 1. The zero-order valence-corrected chi connectivity index (χ0v) is 15.8. The number of oxazole rings is 1. The molecule has 4 nitrogen and oxygen atoms in total. The van der Waals surface area contributed by atoms with Crippen molar-refractivity contribution in [3.05, 3.63) is 94.2 Å². The van der Waals surface area contributed by atoms with Crippen LogP contribution < -0.4 is 5.76 Å². The lowest BCUT2D eigenvalue weighted by molar-refractivity contribution is -0.118. The number of aryl methyl sites for hydroxylation is 1. The van der Waals surface area contributed by atoms with Crippen molar-refractivity contribution in [2.75, 3.05) is 0 Å². The fourth-order valence-corrected chi connectivity index (χ4v) is 3.45. The minimum Gasteiger partial charge on any atom is -0.408 e. The van der Waals surface area contributed by atoms with E-state index in [0.717, 1.165) is 29.5 Å². The Bertz CT molecular complexity index is 1200. The van der Waals surface area contributed by atoms with Crippen LogP contribution in [-0.4, -0.2) is 10.8 Å². The highest BCUT2D eigenvalue weighted by Crippen LogP contribution is 2.23. The number of hydrogen-bond acceptors (Lipinski definition) is 3. The van der Waals surface area contributed by atoms with Gasteiger partial charge in [0.1, 0.15) is 11.6 Å². The Morgan fingerprint density at radius 3 is 2.52 bits per heavy atom. The molecule has 0 aliphatic heterocycles. The molecular weight excluding hydrogens is 369 g/mol. The quantitative estimate of drug-likeness (QED) is 0.480. The maximum Gasteiger partial charge on any atom is 0.417 e. The number of hydrogen-bond donors (Lipinski definition) is 1. The van der Waals surface area contributed by atoms with E-state index in [1.165, 1.54) is 6.07 Å². The van der Waals surface area contributed by atoms with Crippen LogP contribution in [0.1, 0.15) is 24.0 Å². The molecule has 0 atom stereocenters. The Morgan fingerprint density at radius 1 is 0.966 bits per heavy atom. The van der Waals surface area contributed by atoms with E-state index in [2.05, 4.69) is 4.98 Å². The minimum absolute atomic E-state index is 0.144. The summed E-state index contributed by atoms with van der Waals surface area (Å²) in [6.45, 7) is 0. The molecule has 4 rings (SSSR count). The molecule has 0 spiro atoms. The first-order valence-corrected chi connectivity index (χ1v) is 9.56. The van der Waals surface area contributed by atoms with E-state index in [1.54, 1.807) is 24.3 Å². The average Bonchev–Trinajstić information content (AvgIpc) is 3.08. The second kappa shape index (κ2) is 8.27. The van der Waals surface area contributed by atoms with Gasteiger partial charge >= 0.3 is 5.76 Å². The summed E-state index contributed by atoms with van der Waals surface area (Å²) in [5, 5.41) is 0. The molecule has 1 heterocycles. The molecule has 0 saturated carbocycles. The number of aromatic nitrogens is 1. The van der Waals surface area contributed by atoms with E-state index in [-0.39, 0.29) is 11.6 Å². The molecule has 0 fully saturated rings. The third-order valence-corrected chi connectivity index (χ3v) is 4.95. The molecule has 0 unspecified atom stereocenters. The number of Topliss-reactive ketones (excluding diaryl/α,β-unsaturated/α-hetero) is 1. The van der Waals surface area contributed by atoms with Gasteiger partial charge in [-0.2, -0.15) is 0 Å². The Labute approximate surface area is 167 Å². The van der Waals surface area contributed by atoms with Crippen molar-refractivity contribution < 1.29 is 13.6 Å². The van der Waals surface area contributed by atoms with Gasteiger partial charge in [-0.15, -0.1) is 0 Å². The van der Waals surface area contributed by atoms with Gasteiger partial charge in [0.25, 0.3) is 0 Å². The molecule has 5 heteroatoms. The van der Waals surface area contributed by atoms with Gasteiger partial charge in [-0.25, -0.2) is 9.18 Å². The van der Waals surface area contributed by atoms with Crippen LogP contribution in [0.2, 0.25) is 0 Å². The maximum atomic E-state index is 13.9. The molecule has 0 aliphatic rings. The lowest BCUT2D eigenvalue weighted by Gasteiger charge is -2.06. The standard InChI is InChI=1S/C24H20FNO3/c25-21-7-2-1-6-20(21)18-11-8-16(9-12-18)4-3-5-19(27)14-17-10-13-22-23(15-17)29-24(28)26-22/h1-2,6-13,15H,3-5,14H2,(H,26,28). The molecule has 1 N–H and O–H groups in total. The van der Waals surface area contributed by atoms with Crippen LogP contribution in [0, 0.1) is 5.82 Å². The molecule has 4 aromatic rings. The first kappa shape index (κ1) is 18.9. The third kappa shape index (κ3) is 4.51. The van der Waals surface area contributed by atoms with Crippen LogP contribution in [-0.2, 0) is 17.6 Å². The zero-order chi connectivity index (χ0) is 20.2. The van der Waals surface area contributed by atoms with Crippen molar-refractivity contribution >= 4 is 16.9 Å². The molecule has 0 bridgehead atoms. The highest BCUT2D eigenvalue weighted by atomic mass is 19.1. The number of halogens is 1. The number of benzene rings is 3. The second-order valence-corrected chi connectivity index (χ2v) is 7.09. The summed E-state index contributed by atoms with van der Waals surface area (Å²) in [6, 6.07) is 19.8. The predicted molar refractivity (Wildman–Crippen MR) is 110 cm³/mol. The summed E-state index contributed by atoms with van der Waals surface area (Å²) in [6.07, 6.45) is 2.33. The number of nitrogens with one attached hydrogen (secondary N) is 1. The van der Waals surface area contributed by atoms with Gasteiger partial charge in [0.15, 0.2) is 5.58 Å². The van der Waals surface area contributed by atoms with Crippen molar-refractivity contribution in [1.29, 1.82) is 0 Å². The molecule has 1 aromatic heterocycles. The van der Waals surface area contributed by atoms with Crippen LogP contribution in [0.25, 0.3) is 22.2 Å². The number of rotatable bonds is 7. The van der Waals surface area contributed by atoms with Gasteiger partial charge in [-0.3, -0.25) is 9.78 Å². The van der Waals surface area contributed by atoms with E-state index >= 15 is 0 Å². The van der Waals surface area contributed by atoms with E-state index in [1.807, 2.05) is 36.4 Å². The fourth-order valence-electron chi connectivity index (χ4n) is 3.45. The van der Waals surface area contributed by atoms with E-state index in [9.17, 15) is 14.0 Å². The van der Waals surface area contributed by atoms with E-state index in [0.29, 0.717) is 29.5 Å². The van der Waals surface area contributed by atoms with Gasteiger partial charge < -0.3 is 4.42 Å². The minimum atomic E-state index is -0.496. The molecule has 0 aliphatic carbocycles. The van der Waals surface area contributed by atoms with Gasteiger partial charge in [-0.05, 0) is 47.7 Å². The zero-order valence-electron chi connectivity index (χ0n) is 15.8. The Balaban J connectivity index is 1.30. The van der Waals surface area contributed by atoms with Gasteiger partial charge in [0.2, 0.25) is 0 Å². The molecule has 0 radical (unpaired) electrons. The number of fused-ring (bicyclic) bond motifs is 1. The van der Waals surface area contributed by atoms with Crippen LogP contribution in [0.15, 0.2) is 75.9 Å². The van der Waals surface area contributed by atoms with Crippen molar-refractivity contribution in [3.8, 4) is 11.1 Å². The topological polar surface area (TPSA) is 63.1 Å². The monoisotopic (exact) mass is 389 g/mol. The number of carbonyl (C=O) groups excluding carboxylic acids is 1. The lowest BCUT2D eigenvalue weighted by atomic mass is 9.99. The third-order valence-electron chi connectivity index (χ3n) is 4.95. The summed E-state index contributed by atoms with van der Waals surface area (Å²) in [5.41, 5.74) is 4.48. The fraction of sp³-hybridized carbons (Fsp3) is 0.167. The first-order valence-electron chi connectivity index (χ1n) is 9.56. The highest BCUT2D eigenvalue weighted by molar-refractivity contribution is 5.82. The molecule has 0 saturated heterocycles. The number of H-pyrrole nitrogens is 1. The Kier molecular flexibility index (Phi) is 5.38. The molecule has 146 valence electrons. The summed E-state index contributed by atoms with van der Waals surface area (Å²) in [7, 11) is 0. The van der Waals surface area contributed by atoms with Crippen LogP contribution in [0.3, 0.4) is 0 Å². The SMILES string of the molecule is O=C(CCCc1ccc(-c2ccccc2F)cc1)Cc1ccc2[nH]c(=O)oc2c1. The van der Waals surface area contributed by atoms with Crippen LogP contribution in [0.4, 0.5) is 4.39 Å². The summed E-state index contributed by atoms with van der Waals surface area (Å²) in [4.78, 5) is 26.1. The molecule has 0 amide bonds. The van der Waals surface area contributed by atoms with Crippen molar-refractivity contribution in [1.82, 2.24) is 4.98 Å². The Morgan fingerprint density at radius 2 is 1.72 bits per heavy atom. The lowest BCUT2D eigenvalue weighted by Crippen LogP contribution is -2.03. The average molecular weight is 389 g/mol. The second-order valence-electron chi connectivity index (χ2n) is 7.09.